The second kappa shape index (κ2) is 5.61. The summed E-state index contributed by atoms with van der Waals surface area (Å²) < 4.78 is 10.8. The van der Waals surface area contributed by atoms with Gasteiger partial charge in [-0.1, -0.05) is 0 Å². The SMILES string of the molecule is CC(NCC1COCCO1)C(=O)NC1CC1. The van der Waals surface area contributed by atoms with E-state index < -0.39 is 0 Å². The first-order valence-corrected chi connectivity index (χ1v) is 5.99. The predicted molar refractivity (Wildman–Crippen MR) is 59.2 cm³/mol. The summed E-state index contributed by atoms with van der Waals surface area (Å²) in [7, 11) is 0. The van der Waals surface area contributed by atoms with Gasteiger partial charge in [0.2, 0.25) is 5.91 Å². The van der Waals surface area contributed by atoms with Crippen LogP contribution >= 0.6 is 0 Å². The molecule has 16 heavy (non-hydrogen) atoms. The highest BCUT2D eigenvalue weighted by Crippen LogP contribution is 2.18. The molecule has 2 unspecified atom stereocenters. The van der Waals surface area contributed by atoms with Crippen LogP contribution in [0.25, 0.3) is 0 Å². The Morgan fingerprint density at radius 3 is 2.88 bits per heavy atom. The lowest BCUT2D eigenvalue weighted by Gasteiger charge is -2.24. The summed E-state index contributed by atoms with van der Waals surface area (Å²) in [5.74, 6) is 0.0826. The molecule has 2 N–H and O–H groups in total. The molecule has 0 aromatic carbocycles. The van der Waals surface area contributed by atoms with Crippen molar-refractivity contribution in [2.24, 2.45) is 0 Å². The quantitative estimate of drug-likeness (QED) is 0.676. The fourth-order valence-corrected chi connectivity index (χ4v) is 1.61. The largest absolute Gasteiger partial charge is 0.376 e. The molecule has 1 saturated carbocycles. The van der Waals surface area contributed by atoms with Gasteiger partial charge in [-0.25, -0.2) is 0 Å². The van der Waals surface area contributed by atoms with Crippen molar-refractivity contribution in [1.29, 1.82) is 0 Å². The van der Waals surface area contributed by atoms with Gasteiger partial charge in [-0.05, 0) is 19.8 Å². The van der Waals surface area contributed by atoms with E-state index in [-0.39, 0.29) is 18.1 Å². The average molecular weight is 228 g/mol. The Hall–Kier alpha value is -0.650. The highest BCUT2D eigenvalue weighted by molar-refractivity contribution is 5.81. The molecule has 0 radical (unpaired) electrons. The minimum absolute atomic E-state index is 0.0740. The molecule has 0 spiro atoms. The van der Waals surface area contributed by atoms with Gasteiger partial charge in [0.15, 0.2) is 0 Å². The Bertz CT molecular complexity index is 237. The Morgan fingerprint density at radius 1 is 1.44 bits per heavy atom. The van der Waals surface area contributed by atoms with E-state index in [2.05, 4.69) is 10.6 Å². The highest BCUT2D eigenvalue weighted by atomic mass is 16.6. The molecule has 0 aromatic heterocycles. The van der Waals surface area contributed by atoms with Gasteiger partial charge in [-0.2, -0.15) is 0 Å². The van der Waals surface area contributed by atoms with Gasteiger partial charge in [0.05, 0.1) is 32.0 Å². The van der Waals surface area contributed by atoms with Crippen LogP contribution in [0.4, 0.5) is 0 Å². The molecule has 1 aliphatic carbocycles. The molecule has 1 amide bonds. The van der Waals surface area contributed by atoms with Crippen LogP contribution in [0, 0.1) is 0 Å². The lowest BCUT2D eigenvalue weighted by Crippen LogP contribution is -2.47. The standard InChI is InChI=1S/C11H20N2O3/c1-8(11(14)13-9-2-3-9)12-6-10-7-15-4-5-16-10/h8-10,12H,2-7H2,1H3,(H,13,14). The van der Waals surface area contributed by atoms with Crippen LogP contribution in [0.3, 0.4) is 0 Å². The minimum atomic E-state index is -0.161. The molecule has 1 saturated heterocycles. The molecule has 5 nitrogen and oxygen atoms in total. The normalized spacial score (nSPS) is 27.4. The second-order valence-electron chi connectivity index (χ2n) is 4.48. The number of rotatable bonds is 5. The van der Waals surface area contributed by atoms with Gasteiger partial charge in [0, 0.05) is 12.6 Å². The van der Waals surface area contributed by atoms with Crippen molar-refractivity contribution in [1.82, 2.24) is 10.6 Å². The first-order valence-electron chi connectivity index (χ1n) is 5.99. The first kappa shape index (κ1) is 11.8. The van der Waals surface area contributed by atoms with Crippen LogP contribution in [0.5, 0.6) is 0 Å². The third kappa shape index (κ3) is 3.73. The van der Waals surface area contributed by atoms with E-state index >= 15 is 0 Å². The van der Waals surface area contributed by atoms with Gasteiger partial charge in [0.25, 0.3) is 0 Å². The number of ether oxygens (including phenoxy) is 2. The van der Waals surface area contributed by atoms with Gasteiger partial charge in [-0.15, -0.1) is 0 Å². The summed E-state index contributed by atoms with van der Waals surface area (Å²) >= 11 is 0. The maximum atomic E-state index is 11.6. The molecule has 5 heteroatoms. The maximum absolute atomic E-state index is 11.6. The van der Waals surface area contributed by atoms with E-state index in [0.29, 0.717) is 32.4 Å². The minimum Gasteiger partial charge on any atom is -0.376 e. The summed E-state index contributed by atoms with van der Waals surface area (Å²) in [5.41, 5.74) is 0. The zero-order valence-electron chi connectivity index (χ0n) is 9.70. The lowest BCUT2D eigenvalue weighted by atomic mass is 10.2. The van der Waals surface area contributed by atoms with Crippen LogP contribution in [0.15, 0.2) is 0 Å². The van der Waals surface area contributed by atoms with Crippen molar-refractivity contribution >= 4 is 5.91 Å². The van der Waals surface area contributed by atoms with E-state index in [9.17, 15) is 4.79 Å². The van der Waals surface area contributed by atoms with Crippen molar-refractivity contribution in [3.8, 4) is 0 Å². The van der Waals surface area contributed by atoms with Crippen LogP contribution < -0.4 is 10.6 Å². The summed E-state index contributed by atoms with van der Waals surface area (Å²) in [6.07, 6.45) is 2.32. The number of hydrogen-bond acceptors (Lipinski definition) is 4. The molecule has 0 bridgehead atoms. The Balaban J connectivity index is 1.61. The zero-order chi connectivity index (χ0) is 11.4. The molecule has 1 aliphatic heterocycles. The average Bonchev–Trinajstić information content (AvgIpc) is 3.11. The Morgan fingerprint density at radius 2 is 2.25 bits per heavy atom. The summed E-state index contributed by atoms with van der Waals surface area (Å²) in [6.45, 7) is 4.48. The van der Waals surface area contributed by atoms with Gasteiger partial charge < -0.3 is 20.1 Å². The highest BCUT2D eigenvalue weighted by Gasteiger charge is 2.25. The lowest BCUT2D eigenvalue weighted by molar-refractivity contribution is -0.123. The monoisotopic (exact) mass is 228 g/mol. The zero-order valence-corrected chi connectivity index (χ0v) is 9.70. The van der Waals surface area contributed by atoms with E-state index in [4.69, 9.17) is 9.47 Å². The number of carbonyl (C=O) groups excluding carboxylic acids is 1. The van der Waals surface area contributed by atoms with Crippen LogP contribution in [-0.2, 0) is 14.3 Å². The van der Waals surface area contributed by atoms with Crippen molar-refractivity contribution in [2.45, 2.75) is 38.0 Å². The van der Waals surface area contributed by atoms with Crippen LogP contribution in [0.1, 0.15) is 19.8 Å². The van der Waals surface area contributed by atoms with Gasteiger partial charge in [0.1, 0.15) is 0 Å². The van der Waals surface area contributed by atoms with E-state index in [0.717, 1.165) is 12.8 Å². The van der Waals surface area contributed by atoms with Crippen LogP contribution in [0.2, 0.25) is 0 Å². The molecular weight excluding hydrogens is 208 g/mol. The molecular formula is C11H20N2O3. The Kier molecular flexibility index (Phi) is 4.15. The fourth-order valence-electron chi connectivity index (χ4n) is 1.61. The van der Waals surface area contributed by atoms with E-state index in [1.54, 1.807) is 0 Å². The maximum Gasteiger partial charge on any atom is 0.237 e. The molecule has 1 heterocycles. The third-order valence-corrected chi connectivity index (χ3v) is 2.85. The summed E-state index contributed by atoms with van der Waals surface area (Å²) in [6, 6.07) is 0.261. The van der Waals surface area contributed by atoms with Crippen LogP contribution in [-0.4, -0.2) is 50.5 Å². The van der Waals surface area contributed by atoms with Gasteiger partial charge in [-0.3, -0.25) is 4.79 Å². The van der Waals surface area contributed by atoms with Crippen molar-refractivity contribution < 1.29 is 14.3 Å². The number of amides is 1. The predicted octanol–water partition coefficient (Wildman–Crippen LogP) is -0.341. The molecule has 92 valence electrons. The summed E-state index contributed by atoms with van der Waals surface area (Å²) in [4.78, 5) is 11.6. The van der Waals surface area contributed by atoms with Crippen molar-refractivity contribution in [3.63, 3.8) is 0 Å². The first-order chi connectivity index (χ1) is 7.75. The molecule has 2 aliphatic rings. The van der Waals surface area contributed by atoms with E-state index in [1.807, 2.05) is 6.92 Å². The summed E-state index contributed by atoms with van der Waals surface area (Å²) in [5, 5.41) is 6.14. The number of nitrogens with one attached hydrogen (secondary N) is 2. The van der Waals surface area contributed by atoms with E-state index in [1.165, 1.54) is 0 Å². The molecule has 2 fully saturated rings. The van der Waals surface area contributed by atoms with Crippen molar-refractivity contribution in [3.05, 3.63) is 0 Å². The second-order valence-corrected chi connectivity index (χ2v) is 4.48. The molecule has 2 rings (SSSR count). The molecule has 2 atom stereocenters. The topological polar surface area (TPSA) is 59.6 Å². The third-order valence-electron chi connectivity index (χ3n) is 2.85. The van der Waals surface area contributed by atoms with Gasteiger partial charge >= 0.3 is 0 Å². The smallest absolute Gasteiger partial charge is 0.237 e. The fraction of sp³-hybridized carbons (Fsp3) is 0.909. The number of carbonyl (C=O) groups is 1. The van der Waals surface area contributed by atoms with Crippen molar-refractivity contribution in [2.75, 3.05) is 26.4 Å². The molecule has 0 aromatic rings. The Labute approximate surface area is 95.9 Å². The number of hydrogen-bond donors (Lipinski definition) is 2.